The van der Waals surface area contributed by atoms with Crippen molar-refractivity contribution in [3.63, 3.8) is 0 Å². The minimum absolute atomic E-state index is 0.0495. The van der Waals surface area contributed by atoms with Crippen molar-refractivity contribution in [3.8, 4) is 6.07 Å². The van der Waals surface area contributed by atoms with Crippen LogP contribution in [0, 0.1) is 25.2 Å². The van der Waals surface area contributed by atoms with E-state index in [-0.39, 0.29) is 23.6 Å². The Bertz CT molecular complexity index is 623. The maximum Gasteiger partial charge on any atom is 0.262 e. The van der Waals surface area contributed by atoms with E-state index in [1.54, 1.807) is 13.2 Å². The molecule has 1 aromatic heterocycles. The molecule has 5 heteroatoms. The molecule has 126 valence electrons. The van der Waals surface area contributed by atoms with E-state index in [1.807, 2.05) is 39.8 Å². The summed E-state index contributed by atoms with van der Waals surface area (Å²) in [6.07, 6.45) is 2.49. The molecule has 2 unspecified atom stereocenters. The molecule has 0 aliphatic heterocycles. The normalized spacial score (nSPS) is 14.2. The number of hydrogen-bond acceptors (Lipinski definition) is 3. The van der Waals surface area contributed by atoms with Gasteiger partial charge in [0.2, 0.25) is 0 Å². The maximum absolute atomic E-state index is 12.2. The van der Waals surface area contributed by atoms with Gasteiger partial charge in [-0.05, 0) is 51.8 Å². The Balaban J connectivity index is 3.13. The zero-order chi connectivity index (χ0) is 17.6. The smallest absolute Gasteiger partial charge is 0.262 e. The van der Waals surface area contributed by atoms with Gasteiger partial charge < -0.3 is 14.6 Å². The van der Waals surface area contributed by atoms with Gasteiger partial charge in [0.25, 0.3) is 5.91 Å². The molecule has 23 heavy (non-hydrogen) atoms. The summed E-state index contributed by atoms with van der Waals surface area (Å²) in [7, 11) is 1.68. The van der Waals surface area contributed by atoms with Gasteiger partial charge in [-0.15, -0.1) is 0 Å². The average Bonchev–Trinajstić information content (AvgIpc) is 2.78. The van der Waals surface area contributed by atoms with Crippen LogP contribution in [0.25, 0.3) is 6.08 Å². The molecule has 5 nitrogen and oxygen atoms in total. The number of carbonyl (C=O) groups excluding carboxylic acids is 1. The molecule has 1 rings (SSSR count). The lowest BCUT2D eigenvalue weighted by molar-refractivity contribution is -0.117. The molecule has 0 aromatic carbocycles. The average molecular weight is 317 g/mol. The fourth-order valence-corrected chi connectivity index (χ4v) is 2.65. The van der Waals surface area contributed by atoms with E-state index >= 15 is 0 Å². The summed E-state index contributed by atoms with van der Waals surface area (Å²) in [5.41, 5.74) is 3.13. The lowest BCUT2D eigenvalue weighted by Gasteiger charge is -2.17. The summed E-state index contributed by atoms with van der Waals surface area (Å²) in [6, 6.07) is 4.25. The number of carbonyl (C=O) groups is 1. The Morgan fingerprint density at radius 3 is 2.65 bits per heavy atom. The van der Waals surface area contributed by atoms with Crippen molar-refractivity contribution in [1.29, 1.82) is 5.26 Å². The number of hydrogen-bond donors (Lipinski definition) is 1. The molecule has 1 heterocycles. The van der Waals surface area contributed by atoms with Crippen molar-refractivity contribution in [2.24, 2.45) is 0 Å². The first-order chi connectivity index (χ1) is 10.8. The summed E-state index contributed by atoms with van der Waals surface area (Å²) < 4.78 is 7.38. The van der Waals surface area contributed by atoms with E-state index in [0.717, 1.165) is 23.4 Å². The highest BCUT2D eigenvalue weighted by Gasteiger charge is 2.16. The molecule has 2 atom stereocenters. The van der Waals surface area contributed by atoms with Gasteiger partial charge in [0.15, 0.2) is 0 Å². The molecule has 0 aliphatic rings. The van der Waals surface area contributed by atoms with Crippen LogP contribution in [0.5, 0.6) is 0 Å². The molecule has 1 N–H and O–H groups in total. The van der Waals surface area contributed by atoms with Crippen molar-refractivity contribution in [1.82, 2.24) is 9.88 Å². The predicted octanol–water partition coefficient (Wildman–Crippen LogP) is 3.13. The summed E-state index contributed by atoms with van der Waals surface area (Å²) in [5.74, 6) is -0.323. The van der Waals surface area contributed by atoms with Crippen LogP contribution in [0.15, 0.2) is 11.6 Å². The van der Waals surface area contributed by atoms with Crippen LogP contribution in [-0.2, 0) is 9.53 Å². The molecule has 0 spiro atoms. The Morgan fingerprint density at radius 2 is 2.13 bits per heavy atom. The number of nitrogens with one attached hydrogen (secondary N) is 1. The number of aryl methyl sites for hydroxylation is 1. The molecule has 1 aromatic rings. The second kappa shape index (κ2) is 8.54. The van der Waals surface area contributed by atoms with Crippen LogP contribution < -0.4 is 5.32 Å². The minimum Gasteiger partial charge on any atom is -0.383 e. The van der Waals surface area contributed by atoms with Crippen LogP contribution >= 0.6 is 0 Å². The molecule has 0 aliphatic carbocycles. The first kappa shape index (κ1) is 19.0. The highest BCUT2D eigenvalue weighted by molar-refractivity contribution is 6.01. The van der Waals surface area contributed by atoms with Crippen molar-refractivity contribution < 1.29 is 9.53 Å². The first-order valence-electron chi connectivity index (χ1n) is 7.95. The first-order valence-corrected chi connectivity index (χ1v) is 7.95. The molecule has 0 radical (unpaired) electrons. The van der Waals surface area contributed by atoms with Gasteiger partial charge in [0.05, 0.1) is 12.6 Å². The van der Waals surface area contributed by atoms with Crippen LogP contribution in [0.2, 0.25) is 0 Å². The van der Waals surface area contributed by atoms with E-state index in [9.17, 15) is 10.1 Å². The van der Waals surface area contributed by atoms with Gasteiger partial charge in [0, 0.05) is 24.5 Å². The third-order valence-electron chi connectivity index (χ3n) is 4.03. The molecule has 0 saturated carbocycles. The van der Waals surface area contributed by atoms with Gasteiger partial charge in [-0.2, -0.15) is 5.26 Å². The molecular weight excluding hydrogens is 290 g/mol. The van der Waals surface area contributed by atoms with Crippen LogP contribution in [0.3, 0.4) is 0 Å². The zero-order valence-electron chi connectivity index (χ0n) is 14.9. The van der Waals surface area contributed by atoms with E-state index < -0.39 is 0 Å². The van der Waals surface area contributed by atoms with E-state index in [4.69, 9.17) is 4.74 Å². The quantitative estimate of drug-likeness (QED) is 0.620. The van der Waals surface area contributed by atoms with Crippen molar-refractivity contribution in [3.05, 3.63) is 28.6 Å². The van der Waals surface area contributed by atoms with Crippen molar-refractivity contribution in [2.75, 3.05) is 13.7 Å². The monoisotopic (exact) mass is 317 g/mol. The van der Waals surface area contributed by atoms with Crippen molar-refractivity contribution in [2.45, 2.75) is 53.1 Å². The number of methoxy groups -OCH3 is 1. The highest BCUT2D eigenvalue weighted by Crippen LogP contribution is 2.22. The van der Waals surface area contributed by atoms with Gasteiger partial charge >= 0.3 is 0 Å². The number of rotatable bonds is 7. The van der Waals surface area contributed by atoms with Gasteiger partial charge in [0.1, 0.15) is 11.6 Å². The molecular formula is C18H27N3O2. The van der Waals surface area contributed by atoms with E-state index in [0.29, 0.717) is 6.61 Å². The lowest BCUT2D eigenvalue weighted by atomic mass is 10.1. The summed E-state index contributed by atoms with van der Waals surface area (Å²) >= 11 is 0. The van der Waals surface area contributed by atoms with Crippen LogP contribution in [0.4, 0.5) is 0 Å². The Labute approximate surface area is 138 Å². The Hall–Kier alpha value is -2.06. The topological polar surface area (TPSA) is 67.0 Å². The van der Waals surface area contributed by atoms with E-state index in [2.05, 4.69) is 16.8 Å². The van der Waals surface area contributed by atoms with Crippen molar-refractivity contribution >= 4 is 12.0 Å². The third-order valence-corrected chi connectivity index (χ3v) is 4.03. The molecule has 0 fully saturated rings. The number of nitriles is 1. The maximum atomic E-state index is 12.2. The van der Waals surface area contributed by atoms with Gasteiger partial charge in [-0.3, -0.25) is 4.79 Å². The number of ether oxygens (including phenoxy) is 1. The Morgan fingerprint density at radius 1 is 1.48 bits per heavy atom. The SMILES string of the molecule is CCC(C)NC(=O)/C(C#N)=C/c1cc(C)n(C(C)COC)c1C. The predicted molar refractivity (Wildman–Crippen MR) is 92.0 cm³/mol. The fraction of sp³-hybridized carbons (Fsp3) is 0.556. The second-order valence-electron chi connectivity index (χ2n) is 5.95. The standard InChI is InChI=1S/C18H27N3O2/c1-7-12(2)20-18(22)17(10-19)9-16-8-13(3)21(15(16)5)14(4)11-23-6/h8-9,12,14H,7,11H2,1-6H3,(H,20,22)/b17-9+. The number of amides is 1. The van der Waals surface area contributed by atoms with Gasteiger partial charge in [-0.25, -0.2) is 0 Å². The minimum atomic E-state index is -0.323. The fourth-order valence-electron chi connectivity index (χ4n) is 2.65. The summed E-state index contributed by atoms with van der Waals surface area (Å²) in [5, 5.41) is 12.1. The zero-order valence-corrected chi connectivity index (χ0v) is 14.9. The third kappa shape index (κ3) is 4.70. The van der Waals surface area contributed by atoms with Crippen LogP contribution in [0.1, 0.15) is 50.2 Å². The number of aromatic nitrogens is 1. The van der Waals surface area contributed by atoms with Gasteiger partial charge in [-0.1, -0.05) is 6.92 Å². The molecule has 0 bridgehead atoms. The largest absolute Gasteiger partial charge is 0.383 e. The van der Waals surface area contributed by atoms with E-state index in [1.165, 1.54) is 0 Å². The molecule has 0 saturated heterocycles. The highest BCUT2D eigenvalue weighted by atomic mass is 16.5. The number of nitrogens with zero attached hydrogens (tertiary/aromatic N) is 2. The molecule has 1 amide bonds. The summed E-state index contributed by atoms with van der Waals surface area (Å²) in [6.45, 7) is 10.6. The lowest BCUT2D eigenvalue weighted by Crippen LogP contribution is -2.32. The van der Waals surface area contributed by atoms with Crippen LogP contribution in [-0.4, -0.2) is 30.2 Å². The second-order valence-corrected chi connectivity index (χ2v) is 5.95. The summed E-state index contributed by atoms with van der Waals surface area (Å²) in [4.78, 5) is 12.2. The Kier molecular flexibility index (Phi) is 7.05.